The Labute approximate surface area is 104 Å². The second-order valence-electron chi connectivity index (χ2n) is 5.46. The molecule has 17 heavy (non-hydrogen) atoms. The van der Waals surface area contributed by atoms with E-state index in [9.17, 15) is 4.79 Å². The first-order chi connectivity index (χ1) is 7.95. The summed E-state index contributed by atoms with van der Waals surface area (Å²) < 4.78 is 0. The van der Waals surface area contributed by atoms with E-state index >= 15 is 0 Å². The van der Waals surface area contributed by atoms with Crippen molar-refractivity contribution in [2.45, 2.75) is 39.0 Å². The summed E-state index contributed by atoms with van der Waals surface area (Å²) in [6.07, 6.45) is 1.52. The van der Waals surface area contributed by atoms with Crippen molar-refractivity contribution in [3.8, 4) is 0 Å². The fourth-order valence-electron chi connectivity index (χ4n) is 1.73. The lowest BCUT2D eigenvalue weighted by molar-refractivity contribution is 0.0980. The van der Waals surface area contributed by atoms with Gasteiger partial charge in [-0.2, -0.15) is 0 Å². The molecule has 0 atom stereocenters. The Morgan fingerprint density at radius 2 is 1.76 bits per heavy atom. The van der Waals surface area contributed by atoms with E-state index in [0.29, 0.717) is 6.42 Å². The molecule has 0 aliphatic rings. The molecule has 0 unspecified atom stereocenters. The lowest BCUT2D eigenvalue weighted by atomic mass is 9.86. The van der Waals surface area contributed by atoms with Crippen molar-refractivity contribution in [2.75, 3.05) is 13.6 Å². The van der Waals surface area contributed by atoms with Gasteiger partial charge in [-0.25, -0.2) is 0 Å². The first kappa shape index (κ1) is 13.9. The molecular weight excluding hydrogens is 210 g/mol. The minimum Gasteiger partial charge on any atom is -0.320 e. The van der Waals surface area contributed by atoms with E-state index in [1.165, 1.54) is 5.56 Å². The lowest BCUT2D eigenvalue weighted by Crippen LogP contribution is -2.12. The Hall–Kier alpha value is -1.15. The molecular formula is C15H23NO. The molecule has 0 fully saturated rings. The van der Waals surface area contributed by atoms with Crippen molar-refractivity contribution in [3.63, 3.8) is 0 Å². The standard InChI is InChI=1S/C15H23NO/c1-15(2,3)13-9-7-12(8-10-13)14(17)6-5-11-16-4/h7-10,16H,5-6,11H2,1-4H3. The fraction of sp³-hybridized carbons (Fsp3) is 0.533. The zero-order valence-electron chi connectivity index (χ0n) is 11.3. The minimum atomic E-state index is 0.147. The van der Waals surface area contributed by atoms with Crippen LogP contribution in [0.25, 0.3) is 0 Å². The maximum absolute atomic E-state index is 11.9. The third-order valence-corrected chi connectivity index (χ3v) is 2.90. The molecule has 0 aliphatic heterocycles. The fourth-order valence-corrected chi connectivity index (χ4v) is 1.73. The predicted molar refractivity (Wildman–Crippen MR) is 72.6 cm³/mol. The van der Waals surface area contributed by atoms with Gasteiger partial charge in [0.15, 0.2) is 5.78 Å². The van der Waals surface area contributed by atoms with Gasteiger partial charge >= 0.3 is 0 Å². The van der Waals surface area contributed by atoms with Gasteiger partial charge in [0, 0.05) is 12.0 Å². The molecule has 0 aliphatic carbocycles. The third-order valence-electron chi connectivity index (χ3n) is 2.90. The molecule has 0 spiro atoms. The highest BCUT2D eigenvalue weighted by atomic mass is 16.1. The summed E-state index contributed by atoms with van der Waals surface area (Å²) in [5.74, 6) is 0.237. The van der Waals surface area contributed by atoms with Crippen LogP contribution in [0.5, 0.6) is 0 Å². The quantitative estimate of drug-likeness (QED) is 0.625. The number of benzene rings is 1. The number of carbonyl (C=O) groups excluding carboxylic acids is 1. The molecule has 0 aromatic heterocycles. The van der Waals surface area contributed by atoms with Crippen molar-refractivity contribution in [1.29, 1.82) is 0 Å². The van der Waals surface area contributed by atoms with Crippen LogP contribution in [0.2, 0.25) is 0 Å². The number of ketones is 1. The highest BCUT2D eigenvalue weighted by Gasteiger charge is 2.14. The number of nitrogens with one attached hydrogen (secondary N) is 1. The minimum absolute atomic E-state index is 0.147. The van der Waals surface area contributed by atoms with Crippen LogP contribution < -0.4 is 5.32 Å². The summed E-state index contributed by atoms with van der Waals surface area (Å²) in [7, 11) is 1.91. The van der Waals surface area contributed by atoms with E-state index in [4.69, 9.17) is 0 Å². The van der Waals surface area contributed by atoms with E-state index in [1.807, 2.05) is 19.2 Å². The average Bonchev–Trinajstić information content (AvgIpc) is 2.28. The van der Waals surface area contributed by atoms with Crippen LogP contribution in [0.15, 0.2) is 24.3 Å². The maximum atomic E-state index is 11.9. The number of hydrogen-bond acceptors (Lipinski definition) is 2. The van der Waals surface area contributed by atoms with Gasteiger partial charge in [-0.05, 0) is 31.0 Å². The van der Waals surface area contributed by atoms with Crippen LogP contribution >= 0.6 is 0 Å². The largest absolute Gasteiger partial charge is 0.320 e. The van der Waals surface area contributed by atoms with Gasteiger partial charge in [-0.3, -0.25) is 4.79 Å². The SMILES string of the molecule is CNCCCC(=O)c1ccc(C(C)(C)C)cc1. The van der Waals surface area contributed by atoms with E-state index in [2.05, 4.69) is 38.2 Å². The van der Waals surface area contributed by atoms with Crippen molar-refractivity contribution in [1.82, 2.24) is 5.32 Å². The van der Waals surface area contributed by atoms with Gasteiger partial charge in [0.25, 0.3) is 0 Å². The smallest absolute Gasteiger partial charge is 0.162 e. The Kier molecular flexibility index (Phi) is 4.88. The molecule has 0 heterocycles. The van der Waals surface area contributed by atoms with Crippen LogP contribution in [0.1, 0.15) is 49.5 Å². The molecule has 0 amide bonds. The van der Waals surface area contributed by atoms with Gasteiger partial charge in [0.2, 0.25) is 0 Å². The van der Waals surface area contributed by atoms with Gasteiger partial charge in [0.05, 0.1) is 0 Å². The molecule has 0 saturated heterocycles. The molecule has 94 valence electrons. The van der Waals surface area contributed by atoms with E-state index < -0.39 is 0 Å². The molecule has 0 radical (unpaired) electrons. The number of hydrogen-bond donors (Lipinski definition) is 1. The second-order valence-corrected chi connectivity index (χ2v) is 5.46. The second kappa shape index (κ2) is 5.97. The molecule has 0 bridgehead atoms. The summed E-state index contributed by atoms with van der Waals surface area (Å²) in [6.45, 7) is 7.43. The van der Waals surface area contributed by atoms with E-state index in [1.54, 1.807) is 0 Å². The maximum Gasteiger partial charge on any atom is 0.162 e. The zero-order valence-corrected chi connectivity index (χ0v) is 11.3. The Morgan fingerprint density at radius 3 is 2.24 bits per heavy atom. The van der Waals surface area contributed by atoms with E-state index in [-0.39, 0.29) is 11.2 Å². The van der Waals surface area contributed by atoms with Crippen LogP contribution in [-0.2, 0) is 5.41 Å². The molecule has 0 saturated carbocycles. The number of carbonyl (C=O) groups is 1. The van der Waals surface area contributed by atoms with Gasteiger partial charge in [-0.15, -0.1) is 0 Å². The Balaban J connectivity index is 2.64. The first-order valence-electron chi connectivity index (χ1n) is 6.23. The van der Waals surface area contributed by atoms with E-state index in [0.717, 1.165) is 18.5 Å². The molecule has 2 nitrogen and oxygen atoms in total. The number of rotatable bonds is 5. The summed E-state index contributed by atoms with van der Waals surface area (Å²) in [4.78, 5) is 11.9. The van der Waals surface area contributed by atoms with Crippen LogP contribution in [0.4, 0.5) is 0 Å². The molecule has 1 N–H and O–H groups in total. The third kappa shape index (κ3) is 4.31. The lowest BCUT2D eigenvalue weighted by Gasteiger charge is -2.18. The summed E-state index contributed by atoms with van der Waals surface area (Å²) in [5.41, 5.74) is 2.24. The van der Waals surface area contributed by atoms with Gasteiger partial charge < -0.3 is 5.32 Å². The zero-order chi connectivity index (χ0) is 12.9. The highest BCUT2D eigenvalue weighted by molar-refractivity contribution is 5.96. The summed E-state index contributed by atoms with van der Waals surface area (Å²) >= 11 is 0. The van der Waals surface area contributed by atoms with Crippen molar-refractivity contribution >= 4 is 5.78 Å². The van der Waals surface area contributed by atoms with Crippen LogP contribution in [-0.4, -0.2) is 19.4 Å². The topological polar surface area (TPSA) is 29.1 Å². The highest BCUT2D eigenvalue weighted by Crippen LogP contribution is 2.22. The Bertz CT molecular complexity index is 360. The van der Waals surface area contributed by atoms with Gasteiger partial charge in [0.1, 0.15) is 0 Å². The summed E-state index contributed by atoms with van der Waals surface area (Å²) in [5, 5.41) is 3.05. The predicted octanol–water partition coefficient (Wildman–Crippen LogP) is 3.17. The van der Waals surface area contributed by atoms with Crippen LogP contribution in [0, 0.1) is 0 Å². The molecule has 1 aromatic carbocycles. The molecule has 1 aromatic rings. The normalized spacial score (nSPS) is 11.5. The number of Topliss-reactive ketones (excluding diaryl/α,β-unsaturated/α-hetero) is 1. The van der Waals surface area contributed by atoms with Crippen LogP contribution in [0.3, 0.4) is 0 Å². The molecule has 2 heteroatoms. The monoisotopic (exact) mass is 233 g/mol. The van der Waals surface area contributed by atoms with Crippen molar-refractivity contribution in [3.05, 3.63) is 35.4 Å². The first-order valence-corrected chi connectivity index (χ1v) is 6.23. The van der Waals surface area contributed by atoms with Crippen molar-refractivity contribution in [2.24, 2.45) is 0 Å². The average molecular weight is 233 g/mol. The van der Waals surface area contributed by atoms with Crippen molar-refractivity contribution < 1.29 is 4.79 Å². The summed E-state index contributed by atoms with van der Waals surface area (Å²) in [6, 6.07) is 8.02. The van der Waals surface area contributed by atoms with Gasteiger partial charge in [-0.1, -0.05) is 45.0 Å². The molecule has 1 rings (SSSR count). The Morgan fingerprint density at radius 1 is 1.18 bits per heavy atom.